The third kappa shape index (κ3) is 3.84. The van der Waals surface area contributed by atoms with E-state index < -0.39 is 25.2 Å². The molecule has 0 N–H and O–H groups in total. The molecule has 0 fully saturated rings. The smallest absolute Gasteiger partial charge is 0.310 e. The number of benzene rings is 1. The first-order valence-electron chi connectivity index (χ1n) is 6.14. The normalized spacial score (nSPS) is 14.4. The predicted molar refractivity (Wildman–Crippen MR) is 85.7 cm³/mol. The van der Waals surface area contributed by atoms with E-state index in [1.54, 1.807) is 6.07 Å². The molecule has 0 saturated carbocycles. The zero-order valence-electron chi connectivity index (χ0n) is 12.2. The van der Waals surface area contributed by atoms with E-state index in [4.69, 9.17) is 33.2 Å². The van der Waals surface area contributed by atoms with Crippen molar-refractivity contribution >= 4 is 39.2 Å². The highest BCUT2D eigenvalue weighted by Gasteiger charge is 2.65. The summed E-state index contributed by atoms with van der Waals surface area (Å²) in [6, 6.07) is 1.85. The van der Waals surface area contributed by atoms with E-state index in [-0.39, 0.29) is 34.8 Å². The molecule has 0 radical (unpaired) electrons. The average molecular weight is 420 g/mol. The largest absolute Gasteiger partial charge is 0.497 e. The molecule has 0 aliphatic heterocycles. The van der Waals surface area contributed by atoms with Crippen LogP contribution < -0.4 is 0 Å². The van der Waals surface area contributed by atoms with Gasteiger partial charge in [0.2, 0.25) is 0 Å². The first-order valence-corrected chi connectivity index (χ1v) is 8.85. The molecule has 0 spiro atoms. The van der Waals surface area contributed by atoms with Gasteiger partial charge in [-0.2, -0.15) is 10.4 Å². The zero-order chi connectivity index (χ0) is 19.3. The number of ether oxygens (including phenoxy) is 1. The summed E-state index contributed by atoms with van der Waals surface area (Å²) >= 11 is 11.4. The molecule has 0 amide bonds. The molecule has 4 nitrogen and oxygen atoms in total. The molecule has 12 heteroatoms. The van der Waals surface area contributed by atoms with Gasteiger partial charge >= 0.3 is 10.2 Å². The fraction of sp³-hybridized carbons (Fsp3) is 0.0769. The Labute approximate surface area is 148 Å². The minimum atomic E-state index is -9.95. The quantitative estimate of drug-likeness (QED) is 0.429. The Bertz CT molecular complexity index is 911. The van der Waals surface area contributed by atoms with Crippen molar-refractivity contribution in [1.29, 1.82) is 5.26 Å². The van der Waals surface area contributed by atoms with Crippen LogP contribution in [0.3, 0.4) is 0 Å². The van der Waals surface area contributed by atoms with Gasteiger partial charge in [-0.3, -0.25) is 0 Å². The van der Waals surface area contributed by atoms with Gasteiger partial charge in [0, 0.05) is 6.20 Å². The lowest BCUT2D eigenvalue weighted by Gasteiger charge is -2.40. The third-order valence-corrected chi connectivity index (χ3v) is 4.73. The van der Waals surface area contributed by atoms with E-state index in [1.807, 2.05) is 0 Å². The Hall–Kier alpha value is -1.96. The molecule has 1 heterocycles. The van der Waals surface area contributed by atoms with Crippen LogP contribution in [0.1, 0.15) is 11.3 Å². The van der Waals surface area contributed by atoms with Gasteiger partial charge in [0.1, 0.15) is 22.4 Å². The lowest BCUT2D eigenvalue weighted by Crippen LogP contribution is -2.07. The van der Waals surface area contributed by atoms with Crippen LogP contribution in [0.2, 0.25) is 10.0 Å². The fourth-order valence-electron chi connectivity index (χ4n) is 1.87. The van der Waals surface area contributed by atoms with E-state index in [1.165, 1.54) is 13.3 Å². The molecular formula is C13H8Cl2F5N3OS. The van der Waals surface area contributed by atoms with Crippen LogP contribution in [-0.4, -0.2) is 16.9 Å². The molecule has 0 aliphatic carbocycles. The van der Waals surface area contributed by atoms with Gasteiger partial charge in [-0.15, -0.1) is 0 Å². The van der Waals surface area contributed by atoms with E-state index in [0.717, 1.165) is 4.68 Å². The highest BCUT2D eigenvalue weighted by Crippen LogP contribution is 3.02. The van der Waals surface area contributed by atoms with Crippen LogP contribution in [0.15, 0.2) is 29.8 Å². The van der Waals surface area contributed by atoms with E-state index in [0.29, 0.717) is 0 Å². The number of rotatable bonds is 4. The summed E-state index contributed by atoms with van der Waals surface area (Å²) in [4.78, 5) is -2.23. The lowest BCUT2D eigenvalue weighted by atomic mass is 10.2. The Balaban J connectivity index is 2.70. The standard InChI is InChI=1S/C13H8Cl2F5N3OS/c1-7(24-2)9-6-23(22-12(9)5-21)13-10(14)3-8(4-11(13)15)25(16,17,18,19)20/h3-4,6H,1H2,2H3. The number of hydrogen-bond acceptors (Lipinski definition) is 3. The predicted octanol–water partition coefficient (Wildman–Crippen LogP) is 6.33. The lowest BCUT2D eigenvalue weighted by molar-refractivity contribution is 0.364. The number of halogens is 7. The molecule has 0 unspecified atom stereocenters. The summed E-state index contributed by atoms with van der Waals surface area (Å²) in [5, 5.41) is 11.4. The Kier molecular flexibility index (Phi) is 4.08. The number of aromatic nitrogens is 2. The van der Waals surface area contributed by atoms with Crippen molar-refractivity contribution in [2.45, 2.75) is 4.90 Å². The van der Waals surface area contributed by atoms with Crippen LogP contribution in [0.4, 0.5) is 19.4 Å². The SMILES string of the molecule is C=C(OC)c1cn(-c2c(Cl)cc(S(F)(F)(F)(F)F)cc2Cl)nc1C#N. The maximum absolute atomic E-state index is 12.9. The van der Waals surface area contributed by atoms with Crippen molar-refractivity contribution in [2.24, 2.45) is 0 Å². The average Bonchev–Trinajstić information content (AvgIpc) is 2.87. The van der Waals surface area contributed by atoms with Gasteiger partial charge in [0.25, 0.3) is 0 Å². The summed E-state index contributed by atoms with van der Waals surface area (Å²) in [5.41, 5.74) is -0.342. The number of nitrogens with zero attached hydrogens (tertiary/aromatic N) is 3. The molecule has 1 aromatic heterocycles. The van der Waals surface area contributed by atoms with Crippen molar-refractivity contribution in [3.63, 3.8) is 0 Å². The van der Waals surface area contributed by atoms with Gasteiger partial charge in [-0.25, -0.2) is 4.68 Å². The second kappa shape index (κ2) is 5.27. The van der Waals surface area contributed by atoms with Crippen molar-refractivity contribution in [1.82, 2.24) is 9.78 Å². The Morgan fingerprint density at radius 1 is 1.24 bits per heavy atom. The van der Waals surface area contributed by atoms with Crippen LogP contribution in [0, 0.1) is 11.3 Å². The molecule has 1 aromatic carbocycles. The summed E-state index contributed by atoms with van der Waals surface area (Å²) in [6.07, 6.45) is 1.18. The van der Waals surface area contributed by atoms with Gasteiger partial charge in [-0.1, -0.05) is 49.2 Å². The summed E-state index contributed by atoms with van der Waals surface area (Å²) in [7, 11) is -8.67. The summed E-state index contributed by atoms with van der Waals surface area (Å²) < 4.78 is 70.3. The topological polar surface area (TPSA) is 50.8 Å². The maximum atomic E-state index is 12.9. The van der Waals surface area contributed by atoms with Crippen LogP contribution in [0.25, 0.3) is 11.4 Å². The second-order valence-corrected chi connectivity index (χ2v) is 8.00. The van der Waals surface area contributed by atoms with Crippen molar-refractivity contribution in [2.75, 3.05) is 7.11 Å². The second-order valence-electron chi connectivity index (χ2n) is 4.78. The van der Waals surface area contributed by atoms with E-state index >= 15 is 0 Å². The molecule has 0 bridgehead atoms. The van der Waals surface area contributed by atoms with Crippen molar-refractivity contribution in [3.8, 4) is 11.8 Å². The van der Waals surface area contributed by atoms with E-state index in [2.05, 4.69) is 11.7 Å². The highest BCUT2D eigenvalue weighted by atomic mass is 35.5. The van der Waals surface area contributed by atoms with Crippen molar-refractivity contribution in [3.05, 3.63) is 46.2 Å². The maximum Gasteiger partial charge on any atom is 0.310 e. The van der Waals surface area contributed by atoms with Crippen LogP contribution >= 0.6 is 33.4 Å². The van der Waals surface area contributed by atoms with Gasteiger partial charge < -0.3 is 4.74 Å². The molecule has 136 valence electrons. The van der Waals surface area contributed by atoms with Crippen molar-refractivity contribution < 1.29 is 24.2 Å². The van der Waals surface area contributed by atoms with Crippen LogP contribution in [0.5, 0.6) is 0 Å². The zero-order valence-corrected chi connectivity index (χ0v) is 14.6. The molecule has 0 atom stereocenters. The summed E-state index contributed by atoms with van der Waals surface area (Å²) in [5.74, 6) is 0.0543. The molecule has 0 saturated heterocycles. The Morgan fingerprint density at radius 2 is 1.76 bits per heavy atom. The Morgan fingerprint density at radius 3 is 2.16 bits per heavy atom. The third-order valence-electron chi connectivity index (χ3n) is 3.03. The summed E-state index contributed by atoms with van der Waals surface area (Å²) in [6.45, 7) is 3.53. The number of nitriles is 1. The molecule has 25 heavy (non-hydrogen) atoms. The molecule has 0 aliphatic rings. The van der Waals surface area contributed by atoms with Gasteiger partial charge in [-0.05, 0) is 12.1 Å². The first-order chi connectivity index (χ1) is 11.2. The van der Waals surface area contributed by atoms with Gasteiger partial charge in [0.05, 0.1) is 22.7 Å². The van der Waals surface area contributed by atoms with Crippen LogP contribution in [-0.2, 0) is 4.74 Å². The molecule has 2 aromatic rings. The highest BCUT2D eigenvalue weighted by molar-refractivity contribution is 8.45. The van der Waals surface area contributed by atoms with Gasteiger partial charge in [0.15, 0.2) is 5.69 Å². The fourth-order valence-corrected chi connectivity index (χ4v) is 3.34. The minimum Gasteiger partial charge on any atom is -0.497 e. The minimum absolute atomic E-state index is 0.0543. The number of methoxy groups -OCH3 is 1. The first kappa shape index (κ1) is 19.4. The number of hydrogen-bond donors (Lipinski definition) is 0. The van der Waals surface area contributed by atoms with E-state index in [9.17, 15) is 19.4 Å². The molecule has 2 rings (SSSR count). The molecular weight excluding hydrogens is 412 g/mol. The monoisotopic (exact) mass is 419 g/mol.